The Morgan fingerprint density at radius 2 is 2.10 bits per heavy atom. The highest BCUT2D eigenvalue weighted by Gasteiger charge is 2.16. The van der Waals surface area contributed by atoms with Crippen LogP contribution in [0.15, 0.2) is 41.0 Å². The maximum atomic E-state index is 14.2. The largest absolute Gasteiger partial charge is 0.469 e. The highest BCUT2D eigenvalue weighted by Crippen LogP contribution is 2.26. The van der Waals surface area contributed by atoms with Gasteiger partial charge in [0.1, 0.15) is 11.6 Å². The zero-order chi connectivity index (χ0) is 14.7. The summed E-state index contributed by atoms with van der Waals surface area (Å²) in [5.41, 5.74) is 1.53. The van der Waals surface area contributed by atoms with Crippen molar-refractivity contribution in [3.05, 3.63) is 48.2 Å². The molecule has 0 aliphatic carbocycles. The molecule has 1 fully saturated rings. The molecule has 1 aliphatic heterocycles. The molecule has 1 saturated heterocycles. The van der Waals surface area contributed by atoms with E-state index in [-0.39, 0.29) is 11.9 Å². The van der Waals surface area contributed by atoms with Gasteiger partial charge in [-0.3, -0.25) is 0 Å². The number of rotatable bonds is 5. The van der Waals surface area contributed by atoms with Crippen LogP contribution in [0.5, 0.6) is 0 Å². The van der Waals surface area contributed by atoms with Gasteiger partial charge in [0.25, 0.3) is 0 Å². The van der Waals surface area contributed by atoms with Crippen LogP contribution in [0.3, 0.4) is 0 Å². The van der Waals surface area contributed by atoms with Gasteiger partial charge in [-0.1, -0.05) is 0 Å². The second-order valence-electron chi connectivity index (χ2n) is 5.69. The van der Waals surface area contributed by atoms with E-state index in [0.717, 1.165) is 49.5 Å². The molecule has 21 heavy (non-hydrogen) atoms. The van der Waals surface area contributed by atoms with Crippen molar-refractivity contribution in [1.82, 2.24) is 0 Å². The maximum Gasteiger partial charge on any atom is 0.148 e. The summed E-state index contributed by atoms with van der Waals surface area (Å²) < 4.78 is 19.6. The first-order valence-corrected chi connectivity index (χ1v) is 7.56. The Kier molecular flexibility index (Phi) is 4.13. The fourth-order valence-electron chi connectivity index (χ4n) is 2.88. The summed E-state index contributed by atoms with van der Waals surface area (Å²) in [6.45, 7) is 3.98. The summed E-state index contributed by atoms with van der Waals surface area (Å²) in [5, 5.41) is 3.32. The predicted molar refractivity (Wildman–Crippen MR) is 83.3 cm³/mol. The van der Waals surface area contributed by atoms with E-state index >= 15 is 0 Å². The zero-order valence-corrected chi connectivity index (χ0v) is 12.3. The van der Waals surface area contributed by atoms with E-state index in [1.54, 1.807) is 12.3 Å². The van der Waals surface area contributed by atoms with Crippen molar-refractivity contribution in [3.63, 3.8) is 0 Å². The molecular formula is C17H21FN2O. The molecule has 2 heterocycles. The molecule has 0 spiro atoms. The van der Waals surface area contributed by atoms with E-state index in [2.05, 4.69) is 17.1 Å². The van der Waals surface area contributed by atoms with E-state index in [4.69, 9.17) is 4.42 Å². The lowest BCUT2D eigenvalue weighted by Gasteiger charge is -2.20. The minimum Gasteiger partial charge on any atom is -0.469 e. The van der Waals surface area contributed by atoms with Crippen LogP contribution in [0.4, 0.5) is 15.8 Å². The van der Waals surface area contributed by atoms with Crippen LogP contribution in [-0.4, -0.2) is 19.1 Å². The summed E-state index contributed by atoms with van der Waals surface area (Å²) in [5.74, 6) is 0.788. The lowest BCUT2D eigenvalue weighted by atomic mass is 10.1. The molecule has 2 aromatic rings. The van der Waals surface area contributed by atoms with Crippen LogP contribution >= 0.6 is 0 Å². The lowest BCUT2D eigenvalue weighted by Crippen LogP contribution is -2.20. The molecule has 4 heteroatoms. The number of hydrogen-bond acceptors (Lipinski definition) is 3. The fraction of sp³-hybridized carbons (Fsp3) is 0.412. The van der Waals surface area contributed by atoms with E-state index in [0.29, 0.717) is 0 Å². The number of benzene rings is 1. The minimum absolute atomic E-state index is 0.146. The molecule has 3 nitrogen and oxygen atoms in total. The number of halogens is 1. The Bertz CT molecular complexity index is 576. The van der Waals surface area contributed by atoms with Gasteiger partial charge >= 0.3 is 0 Å². The number of anilines is 2. The molecular weight excluding hydrogens is 267 g/mol. The lowest BCUT2D eigenvalue weighted by molar-refractivity contribution is 0.497. The summed E-state index contributed by atoms with van der Waals surface area (Å²) in [6, 6.07) is 9.44. The highest BCUT2D eigenvalue weighted by atomic mass is 19.1. The van der Waals surface area contributed by atoms with Crippen LogP contribution in [0, 0.1) is 5.82 Å². The van der Waals surface area contributed by atoms with Crippen molar-refractivity contribution in [2.45, 2.75) is 32.2 Å². The third-order valence-corrected chi connectivity index (χ3v) is 3.89. The normalized spacial score (nSPS) is 16.2. The zero-order valence-electron chi connectivity index (χ0n) is 12.3. The monoisotopic (exact) mass is 288 g/mol. The molecule has 112 valence electrons. The Balaban J connectivity index is 1.64. The quantitative estimate of drug-likeness (QED) is 0.899. The Morgan fingerprint density at radius 1 is 1.29 bits per heavy atom. The van der Waals surface area contributed by atoms with Crippen LogP contribution < -0.4 is 10.2 Å². The Morgan fingerprint density at radius 3 is 2.76 bits per heavy atom. The van der Waals surface area contributed by atoms with Gasteiger partial charge in [0, 0.05) is 31.2 Å². The van der Waals surface area contributed by atoms with Crippen molar-refractivity contribution in [2.75, 3.05) is 23.3 Å². The predicted octanol–water partition coefficient (Wildman–Crippen LogP) is 4.06. The van der Waals surface area contributed by atoms with Crippen molar-refractivity contribution in [1.29, 1.82) is 0 Å². The third-order valence-electron chi connectivity index (χ3n) is 3.89. The van der Waals surface area contributed by atoms with Crippen molar-refractivity contribution < 1.29 is 8.81 Å². The Hall–Kier alpha value is -1.97. The standard InChI is InChI=1S/C17H21FN2O/c1-13(11-15-5-4-10-21-15)19-14-6-7-17(16(18)12-14)20-8-2-3-9-20/h4-7,10,12-13,19H,2-3,8-9,11H2,1H3. The Labute approximate surface area is 124 Å². The van der Waals surface area contributed by atoms with Gasteiger partial charge in [-0.25, -0.2) is 4.39 Å². The molecule has 1 N–H and O–H groups in total. The third kappa shape index (κ3) is 3.38. The van der Waals surface area contributed by atoms with Gasteiger partial charge in [0.05, 0.1) is 12.0 Å². The fourth-order valence-corrected chi connectivity index (χ4v) is 2.88. The molecule has 3 rings (SSSR count). The summed E-state index contributed by atoms with van der Waals surface area (Å²) in [7, 11) is 0. The topological polar surface area (TPSA) is 28.4 Å². The summed E-state index contributed by atoms with van der Waals surface area (Å²) in [6.07, 6.45) is 4.76. The molecule has 1 atom stereocenters. The minimum atomic E-state index is -0.146. The molecule has 0 amide bonds. The van der Waals surface area contributed by atoms with Crippen LogP contribution in [0.25, 0.3) is 0 Å². The first-order valence-electron chi connectivity index (χ1n) is 7.56. The highest BCUT2D eigenvalue weighted by molar-refractivity contribution is 5.57. The molecule has 1 aromatic heterocycles. The number of furan rings is 1. The van der Waals surface area contributed by atoms with Crippen LogP contribution in [-0.2, 0) is 6.42 Å². The maximum absolute atomic E-state index is 14.2. The van der Waals surface area contributed by atoms with Gasteiger partial charge in [0.15, 0.2) is 0 Å². The van der Waals surface area contributed by atoms with Crippen LogP contribution in [0.1, 0.15) is 25.5 Å². The smallest absolute Gasteiger partial charge is 0.148 e. The van der Waals surface area contributed by atoms with Gasteiger partial charge in [-0.2, -0.15) is 0 Å². The second-order valence-corrected chi connectivity index (χ2v) is 5.69. The summed E-state index contributed by atoms with van der Waals surface area (Å²) >= 11 is 0. The first kappa shape index (κ1) is 14.0. The molecule has 1 aliphatic rings. The number of nitrogens with one attached hydrogen (secondary N) is 1. The second kappa shape index (κ2) is 6.20. The molecule has 1 unspecified atom stereocenters. The van der Waals surface area contributed by atoms with Crippen molar-refractivity contribution in [3.8, 4) is 0 Å². The van der Waals surface area contributed by atoms with E-state index in [9.17, 15) is 4.39 Å². The molecule has 0 radical (unpaired) electrons. The molecule has 0 bridgehead atoms. The van der Waals surface area contributed by atoms with Crippen LogP contribution in [0.2, 0.25) is 0 Å². The van der Waals surface area contributed by atoms with Crippen molar-refractivity contribution >= 4 is 11.4 Å². The SMILES string of the molecule is CC(Cc1ccco1)Nc1ccc(N2CCCC2)c(F)c1. The average Bonchev–Trinajstić information content (AvgIpc) is 3.11. The summed E-state index contributed by atoms with van der Waals surface area (Å²) in [4.78, 5) is 2.12. The molecule has 1 aromatic carbocycles. The van der Waals surface area contributed by atoms with E-state index in [1.807, 2.05) is 24.3 Å². The van der Waals surface area contributed by atoms with Gasteiger partial charge in [0.2, 0.25) is 0 Å². The van der Waals surface area contributed by atoms with Gasteiger partial charge < -0.3 is 14.6 Å². The van der Waals surface area contributed by atoms with E-state index in [1.165, 1.54) is 0 Å². The van der Waals surface area contributed by atoms with Crippen molar-refractivity contribution in [2.24, 2.45) is 0 Å². The van der Waals surface area contributed by atoms with Gasteiger partial charge in [-0.05, 0) is 50.1 Å². The van der Waals surface area contributed by atoms with E-state index < -0.39 is 0 Å². The molecule has 0 saturated carbocycles. The number of hydrogen-bond donors (Lipinski definition) is 1. The first-order chi connectivity index (χ1) is 10.2. The number of nitrogens with zero attached hydrogens (tertiary/aromatic N) is 1. The average molecular weight is 288 g/mol. The van der Waals surface area contributed by atoms with Gasteiger partial charge in [-0.15, -0.1) is 0 Å².